The van der Waals surface area contributed by atoms with Gasteiger partial charge in [-0.15, -0.1) is 22.7 Å². The third kappa shape index (κ3) is 3.58. The topological polar surface area (TPSA) is 60.7 Å². The number of fused-ring (bicyclic) bond motifs is 1. The van der Waals surface area contributed by atoms with E-state index in [2.05, 4.69) is 35.7 Å². The van der Waals surface area contributed by atoms with Crippen LogP contribution < -0.4 is 0 Å². The Morgan fingerprint density at radius 1 is 1.28 bits per heavy atom. The van der Waals surface area contributed by atoms with Gasteiger partial charge in [0.1, 0.15) is 21.4 Å². The normalized spacial score (nSPS) is 15.2. The average Bonchev–Trinajstić information content (AvgIpc) is 3.12. The second-order valence-corrected chi connectivity index (χ2v) is 11.1. The maximum atomic E-state index is 12.8. The van der Waals surface area contributed by atoms with Crippen LogP contribution in [0.1, 0.15) is 44.3 Å². The van der Waals surface area contributed by atoms with Crippen LogP contribution in [-0.4, -0.2) is 29.5 Å². The molecule has 5 nitrogen and oxygen atoms in total. The molecule has 0 radical (unpaired) electrons. The van der Waals surface area contributed by atoms with Crippen LogP contribution in [0.3, 0.4) is 0 Å². The number of hydrogen-bond donors (Lipinski definition) is 0. The lowest BCUT2D eigenvalue weighted by Crippen LogP contribution is -1.98. The van der Waals surface area contributed by atoms with Crippen LogP contribution in [0.25, 0.3) is 32.2 Å². The summed E-state index contributed by atoms with van der Waals surface area (Å²) in [5.74, 6) is 2.45. The van der Waals surface area contributed by atoms with Crippen molar-refractivity contribution in [2.75, 3.05) is 5.75 Å². The molecule has 150 valence electrons. The molecule has 0 bridgehead atoms. The summed E-state index contributed by atoms with van der Waals surface area (Å²) in [6.45, 7) is 2.13. The van der Waals surface area contributed by atoms with Crippen LogP contribution in [0.2, 0.25) is 0 Å². The van der Waals surface area contributed by atoms with E-state index in [1.165, 1.54) is 12.8 Å². The summed E-state index contributed by atoms with van der Waals surface area (Å²) in [6.07, 6.45) is 8.24. The van der Waals surface area contributed by atoms with Crippen LogP contribution in [-0.2, 0) is 17.8 Å². The summed E-state index contributed by atoms with van der Waals surface area (Å²) in [5.41, 5.74) is 3.04. The Bertz CT molecular complexity index is 1190. The minimum Gasteiger partial charge on any atom is -0.331 e. The van der Waals surface area contributed by atoms with Crippen molar-refractivity contribution in [2.45, 2.75) is 42.7 Å². The molecule has 4 aromatic rings. The minimum absolute atomic E-state index is 0.587. The number of thiazole rings is 1. The highest BCUT2D eigenvalue weighted by molar-refractivity contribution is 7.87. The molecule has 5 rings (SSSR count). The van der Waals surface area contributed by atoms with Crippen molar-refractivity contribution in [3.05, 3.63) is 35.7 Å². The number of thiophene rings is 1. The first kappa shape index (κ1) is 19.1. The van der Waals surface area contributed by atoms with Gasteiger partial charge in [0, 0.05) is 41.2 Å². The van der Waals surface area contributed by atoms with Crippen molar-refractivity contribution in [2.24, 2.45) is 7.05 Å². The number of unbranched alkanes of at least 4 members (excludes halogenated alkanes) is 1. The standard InChI is InChI=1S/C21H22N4OS3/c1-3-4-9-29(26)18-11-15-14(17-12-23-19(25(17)2)13-5-6-13)10-16(24-20(15)28-18)21-22-7-8-27-21/h7-8,10-13H,3-6,9H2,1-2H3. The second-order valence-electron chi connectivity index (χ2n) is 7.41. The predicted octanol–water partition coefficient (Wildman–Crippen LogP) is 5.61. The number of hydrogen-bond acceptors (Lipinski definition) is 6. The van der Waals surface area contributed by atoms with Gasteiger partial charge in [-0.3, -0.25) is 4.21 Å². The summed E-state index contributed by atoms with van der Waals surface area (Å²) in [5, 5.41) is 3.93. The van der Waals surface area contributed by atoms with E-state index in [9.17, 15) is 4.21 Å². The van der Waals surface area contributed by atoms with Gasteiger partial charge in [0.15, 0.2) is 0 Å². The van der Waals surface area contributed by atoms with E-state index in [1.807, 2.05) is 11.6 Å². The Labute approximate surface area is 180 Å². The van der Waals surface area contributed by atoms with Crippen molar-refractivity contribution in [1.82, 2.24) is 19.5 Å². The molecular formula is C21H22N4OS3. The molecule has 0 spiro atoms. The van der Waals surface area contributed by atoms with E-state index < -0.39 is 10.8 Å². The van der Waals surface area contributed by atoms with Gasteiger partial charge in [-0.1, -0.05) is 13.3 Å². The summed E-state index contributed by atoms with van der Waals surface area (Å²) in [4.78, 5) is 15.0. The lowest BCUT2D eigenvalue weighted by atomic mass is 10.1. The fraction of sp³-hybridized carbons (Fsp3) is 0.381. The van der Waals surface area contributed by atoms with Crippen molar-refractivity contribution in [3.63, 3.8) is 0 Å². The Morgan fingerprint density at radius 3 is 2.86 bits per heavy atom. The zero-order valence-corrected chi connectivity index (χ0v) is 18.9. The van der Waals surface area contributed by atoms with E-state index >= 15 is 0 Å². The average molecular weight is 443 g/mol. The first-order chi connectivity index (χ1) is 14.2. The molecule has 1 aliphatic rings. The summed E-state index contributed by atoms with van der Waals surface area (Å²) < 4.78 is 15.9. The number of nitrogens with zero attached hydrogens (tertiary/aromatic N) is 4. The fourth-order valence-electron chi connectivity index (χ4n) is 3.55. The molecule has 1 unspecified atom stereocenters. The van der Waals surface area contributed by atoms with Crippen molar-refractivity contribution < 1.29 is 4.21 Å². The van der Waals surface area contributed by atoms with Crippen molar-refractivity contribution >= 4 is 43.7 Å². The van der Waals surface area contributed by atoms with Crippen LogP contribution in [0.5, 0.6) is 0 Å². The zero-order chi connectivity index (χ0) is 20.0. The lowest BCUT2D eigenvalue weighted by molar-refractivity contribution is 0.681. The van der Waals surface area contributed by atoms with Gasteiger partial charge >= 0.3 is 0 Å². The summed E-state index contributed by atoms with van der Waals surface area (Å²) in [7, 11) is 1.12. The summed E-state index contributed by atoms with van der Waals surface area (Å²) in [6, 6.07) is 4.18. The van der Waals surface area contributed by atoms with Crippen LogP contribution in [0.15, 0.2) is 34.1 Å². The molecule has 4 aromatic heterocycles. The van der Waals surface area contributed by atoms with Gasteiger partial charge in [-0.2, -0.15) is 0 Å². The SMILES string of the molecule is CCCCS(=O)c1cc2c(-c3cnc(C4CC4)n3C)cc(-c3nccs3)nc2s1. The first-order valence-corrected chi connectivity index (χ1v) is 12.9. The fourth-order valence-corrected chi connectivity index (χ4v) is 6.79. The Morgan fingerprint density at radius 2 is 2.14 bits per heavy atom. The maximum Gasteiger partial charge on any atom is 0.141 e. The Kier molecular flexibility index (Phi) is 5.09. The molecule has 0 amide bonds. The largest absolute Gasteiger partial charge is 0.331 e. The van der Waals surface area contributed by atoms with Gasteiger partial charge < -0.3 is 4.57 Å². The van der Waals surface area contributed by atoms with Gasteiger partial charge in [-0.05, 0) is 31.4 Å². The van der Waals surface area contributed by atoms with E-state index in [0.29, 0.717) is 11.7 Å². The van der Waals surface area contributed by atoms with Gasteiger partial charge in [0.25, 0.3) is 0 Å². The molecule has 0 saturated heterocycles. The molecule has 0 aromatic carbocycles. The Balaban J connectivity index is 1.67. The molecule has 1 fully saturated rings. The van der Waals surface area contributed by atoms with Crippen LogP contribution in [0, 0.1) is 0 Å². The highest BCUT2D eigenvalue weighted by Gasteiger charge is 2.29. The lowest BCUT2D eigenvalue weighted by Gasteiger charge is -2.08. The molecular weight excluding hydrogens is 420 g/mol. The maximum absolute atomic E-state index is 12.8. The first-order valence-electron chi connectivity index (χ1n) is 9.90. The third-order valence-electron chi connectivity index (χ3n) is 5.28. The highest BCUT2D eigenvalue weighted by atomic mass is 32.2. The number of aromatic nitrogens is 4. The van der Waals surface area contributed by atoms with Crippen LogP contribution >= 0.6 is 22.7 Å². The summed E-state index contributed by atoms with van der Waals surface area (Å²) >= 11 is 3.13. The van der Waals surface area contributed by atoms with Crippen molar-refractivity contribution in [1.29, 1.82) is 0 Å². The predicted molar refractivity (Wildman–Crippen MR) is 121 cm³/mol. The highest BCUT2D eigenvalue weighted by Crippen LogP contribution is 2.42. The van der Waals surface area contributed by atoms with Crippen LogP contribution in [0.4, 0.5) is 0 Å². The molecule has 0 N–H and O–H groups in total. The second kappa shape index (κ2) is 7.74. The molecule has 1 atom stereocenters. The minimum atomic E-state index is -0.978. The molecule has 4 heterocycles. The molecule has 1 saturated carbocycles. The quantitative estimate of drug-likeness (QED) is 0.373. The van der Waals surface area contributed by atoms with E-state index in [1.54, 1.807) is 28.9 Å². The van der Waals surface area contributed by atoms with E-state index in [4.69, 9.17) is 9.97 Å². The molecule has 0 aliphatic heterocycles. The molecule has 29 heavy (non-hydrogen) atoms. The smallest absolute Gasteiger partial charge is 0.141 e. The third-order valence-corrected chi connectivity index (χ3v) is 8.94. The Hall–Kier alpha value is -1.90. The van der Waals surface area contributed by atoms with E-state index in [0.717, 1.165) is 55.1 Å². The van der Waals surface area contributed by atoms with Crippen molar-refractivity contribution in [3.8, 4) is 22.0 Å². The van der Waals surface area contributed by atoms with Gasteiger partial charge in [-0.25, -0.2) is 15.0 Å². The van der Waals surface area contributed by atoms with Gasteiger partial charge in [0.05, 0.1) is 26.9 Å². The van der Waals surface area contributed by atoms with Gasteiger partial charge in [0.2, 0.25) is 0 Å². The monoisotopic (exact) mass is 442 g/mol. The number of rotatable bonds is 7. The zero-order valence-electron chi connectivity index (χ0n) is 16.4. The molecule has 1 aliphatic carbocycles. The molecule has 8 heteroatoms. The number of pyridine rings is 1. The van der Waals surface area contributed by atoms with E-state index in [-0.39, 0.29) is 0 Å². The number of imidazole rings is 1.